The molecule has 0 saturated carbocycles. The molecule has 0 fully saturated rings. The SMILES string of the molecule is CCOC(=O)CCc1ccccc1OP(=O)(N[C@@H](C)C(=O)OCC)Oc1ccc(SC)cc1. The lowest BCUT2D eigenvalue weighted by Gasteiger charge is -2.24. The van der Waals surface area contributed by atoms with Crippen LogP contribution in [0.5, 0.6) is 11.5 Å². The minimum absolute atomic E-state index is 0.141. The van der Waals surface area contributed by atoms with E-state index < -0.39 is 19.8 Å². The highest BCUT2D eigenvalue weighted by atomic mass is 32.2. The Morgan fingerprint density at radius 3 is 2.30 bits per heavy atom. The van der Waals surface area contributed by atoms with Crippen LogP contribution >= 0.6 is 19.5 Å². The fraction of sp³-hybridized carbons (Fsp3) is 0.391. The third kappa shape index (κ3) is 8.76. The van der Waals surface area contributed by atoms with Crippen molar-refractivity contribution in [3.8, 4) is 11.5 Å². The number of thioether (sulfide) groups is 1. The first kappa shape index (κ1) is 26.8. The molecule has 0 aliphatic carbocycles. The molecule has 33 heavy (non-hydrogen) atoms. The highest BCUT2D eigenvalue weighted by molar-refractivity contribution is 7.98. The largest absolute Gasteiger partial charge is 0.513 e. The number of carbonyl (C=O) groups is 2. The lowest BCUT2D eigenvalue weighted by molar-refractivity contribution is -0.145. The van der Waals surface area contributed by atoms with E-state index in [0.29, 0.717) is 24.3 Å². The number of para-hydroxylation sites is 1. The first-order chi connectivity index (χ1) is 15.8. The first-order valence-electron chi connectivity index (χ1n) is 10.6. The summed E-state index contributed by atoms with van der Waals surface area (Å²) in [5, 5.41) is 2.66. The lowest BCUT2D eigenvalue weighted by atomic mass is 10.1. The van der Waals surface area contributed by atoms with Gasteiger partial charge in [-0.2, -0.15) is 5.09 Å². The smallest absolute Gasteiger partial charge is 0.466 e. The Balaban J connectivity index is 2.28. The maximum Gasteiger partial charge on any atom is 0.513 e. The van der Waals surface area contributed by atoms with Crippen LogP contribution in [-0.4, -0.2) is 37.4 Å². The number of aryl methyl sites for hydroxylation is 1. The monoisotopic (exact) mass is 495 g/mol. The minimum Gasteiger partial charge on any atom is -0.466 e. The molecule has 0 heterocycles. The molecule has 0 amide bonds. The van der Waals surface area contributed by atoms with Crippen LogP contribution in [-0.2, 0) is 30.0 Å². The molecule has 0 spiro atoms. The normalized spacial score (nSPS) is 13.5. The van der Waals surface area contributed by atoms with Crippen LogP contribution in [0.25, 0.3) is 0 Å². The number of nitrogens with one attached hydrogen (secondary N) is 1. The fourth-order valence-electron chi connectivity index (χ4n) is 2.80. The molecule has 1 N–H and O–H groups in total. The lowest BCUT2D eigenvalue weighted by Crippen LogP contribution is -2.35. The van der Waals surface area contributed by atoms with Gasteiger partial charge in [-0.1, -0.05) is 18.2 Å². The molecule has 0 bridgehead atoms. The van der Waals surface area contributed by atoms with Crippen LogP contribution < -0.4 is 14.1 Å². The zero-order valence-electron chi connectivity index (χ0n) is 19.2. The molecule has 2 aromatic rings. The van der Waals surface area contributed by atoms with Gasteiger partial charge in [0, 0.05) is 11.3 Å². The third-order valence-corrected chi connectivity index (χ3v) is 6.71. The molecular weight excluding hydrogens is 465 g/mol. The van der Waals surface area contributed by atoms with Gasteiger partial charge in [0.05, 0.1) is 13.2 Å². The van der Waals surface area contributed by atoms with Gasteiger partial charge in [-0.05, 0) is 69.3 Å². The topological polar surface area (TPSA) is 100 Å². The predicted octanol–water partition coefficient (Wildman–Crippen LogP) is 5.01. The van der Waals surface area contributed by atoms with Crippen LogP contribution in [0.3, 0.4) is 0 Å². The summed E-state index contributed by atoms with van der Waals surface area (Å²) in [7, 11) is -4.08. The highest BCUT2D eigenvalue weighted by Crippen LogP contribution is 2.46. The van der Waals surface area contributed by atoms with Gasteiger partial charge in [-0.15, -0.1) is 11.8 Å². The van der Waals surface area contributed by atoms with Crippen molar-refractivity contribution in [2.45, 2.75) is 44.6 Å². The predicted molar refractivity (Wildman–Crippen MR) is 128 cm³/mol. The van der Waals surface area contributed by atoms with Crippen molar-refractivity contribution < 1.29 is 32.7 Å². The summed E-state index contributed by atoms with van der Waals surface area (Å²) in [5.41, 5.74) is 0.651. The standard InChI is InChI=1S/C23H30NO7PS/c1-5-28-22(25)16-11-18-9-7-8-10-21(18)31-32(27,24-17(3)23(26)29-6-2)30-19-12-14-20(33-4)15-13-19/h7-10,12-15,17H,5-6,11,16H2,1-4H3,(H,24,27)/t17-,32?/m0/s1. The van der Waals surface area contributed by atoms with Crippen LogP contribution in [0.15, 0.2) is 53.4 Å². The Kier molecular flexibility index (Phi) is 10.8. The van der Waals surface area contributed by atoms with Crippen molar-refractivity contribution in [3.05, 3.63) is 54.1 Å². The average molecular weight is 496 g/mol. The van der Waals surface area contributed by atoms with E-state index in [2.05, 4.69) is 5.09 Å². The first-order valence-corrected chi connectivity index (χ1v) is 13.4. The number of carbonyl (C=O) groups excluding carboxylic acids is 2. The van der Waals surface area contributed by atoms with Crippen molar-refractivity contribution in [2.75, 3.05) is 19.5 Å². The Labute approximate surface area is 198 Å². The number of hydrogen-bond donors (Lipinski definition) is 1. The molecule has 0 aliphatic rings. The molecular formula is C23H30NO7PS. The molecule has 2 rings (SSSR count). The van der Waals surface area contributed by atoms with Crippen molar-refractivity contribution in [1.29, 1.82) is 0 Å². The van der Waals surface area contributed by atoms with Crippen molar-refractivity contribution in [2.24, 2.45) is 0 Å². The summed E-state index contributed by atoms with van der Waals surface area (Å²) in [5.74, 6) is -0.342. The van der Waals surface area contributed by atoms with E-state index >= 15 is 0 Å². The average Bonchev–Trinajstić information content (AvgIpc) is 2.79. The number of ether oxygens (including phenoxy) is 2. The Morgan fingerprint density at radius 2 is 1.67 bits per heavy atom. The van der Waals surface area contributed by atoms with E-state index in [0.717, 1.165) is 4.90 Å². The minimum atomic E-state index is -4.08. The Morgan fingerprint density at radius 1 is 1.00 bits per heavy atom. The Hall–Kier alpha value is -2.48. The van der Waals surface area contributed by atoms with Gasteiger partial charge < -0.3 is 18.5 Å². The van der Waals surface area contributed by atoms with Gasteiger partial charge in [0.1, 0.15) is 17.5 Å². The fourth-order valence-corrected chi connectivity index (χ4v) is 4.77. The van der Waals surface area contributed by atoms with Crippen LogP contribution in [0.1, 0.15) is 32.8 Å². The van der Waals surface area contributed by atoms with Crippen LogP contribution in [0.2, 0.25) is 0 Å². The summed E-state index contributed by atoms with van der Waals surface area (Å²) in [6, 6.07) is 12.9. The zero-order valence-corrected chi connectivity index (χ0v) is 20.9. The molecule has 1 unspecified atom stereocenters. The summed E-state index contributed by atoms with van der Waals surface area (Å²) >= 11 is 1.56. The molecule has 2 atom stereocenters. The third-order valence-electron chi connectivity index (χ3n) is 4.37. The van der Waals surface area contributed by atoms with Crippen molar-refractivity contribution in [1.82, 2.24) is 5.09 Å². The van der Waals surface area contributed by atoms with Gasteiger partial charge in [0.15, 0.2) is 0 Å². The zero-order chi connectivity index (χ0) is 24.3. The molecule has 8 nitrogen and oxygen atoms in total. The second-order valence-electron chi connectivity index (χ2n) is 6.87. The second-order valence-corrected chi connectivity index (χ2v) is 9.37. The molecule has 2 aromatic carbocycles. The molecule has 0 aliphatic heterocycles. The van der Waals surface area contributed by atoms with Gasteiger partial charge in [0.25, 0.3) is 0 Å². The molecule has 10 heteroatoms. The maximum atomic E-state index is 13.8. The van der Waals surface area contributed by atoms with E-state index in [9.17, 15) is 14.2 Å². The van der Waals surface area contributed by atoms with E-state index in [-0.39, 0.29) is 24.7 Å². The molecule has 0 radical (unpaired) electrons. The molecule has 180 valence electrons. The Bertz CT molecular complexity index is 968. The van der Waals surface area contributed by atoms with Crippen LogP contribution in [0, 0.1) is 0 Å². The number of rotatable bonds is 13. The van der Waals surface area contributed by atoms with Crippen molar-refractivity contribution in [3.63, 3.8) is 0 Å². The summed E-state index contributed by atoms with van der Waals surface area (Å²) in [6.45, 7) is 5.42. The maximum absolute atomic E-state index is 13.8. The van der Waals surface area contributed by atoms with E-state index in [4.69, 9.17) is 18.5 Å². The van der Waals surface area contributed by atoms with Gasteiger partial charge in [-0.3, -0.25) is 9.59 Å². The van der Waals surface area contributed by atoms with Crippen LogP contribution in [0.4, 0.5) is 0 Å². The summed E-state index contributed by atoms with van der Waals surface area (Å²) in [6.07, 6.45) is 2.41. The number of benzene rings is 2. The van der Waals surface area contributed by atoms with Gasteiger partial charge >= 0.3 is 19.7 Å². The highest BCUT2D eigenvalue weighted by Gasteiger charge is 2.34. The molecule has 0 saturated heterocycles. The summed E-state index contributed by atoms with van der Waals surface area (Å²) in [4.78, 5) is 24.9. The second kappa shape index (κ2) is 13.3. The van der Waals surface area contributed by atoms with Gasteiger partial charge in [0.2, 0.25) is 0 Å². The van der Waals surface area contributed by atoms with E-state index in [1.54, 1.807) is 62.0 Å². The number of esters is 2. The van der Waals surface area contributed by atoms with Crippen molar-refractivity contribution >= 4 is 31.4 Å². The van der Waals surface area contributed by atoms with E-state index in [1.165, 1.54) is 6.92 Å². The van der Waals surface area contributed by atoms with Gasteiger partial charge in [-0.25, -0.2) is 4.57 Å². The molecule has 0 aromatic heterocycles. The quantitative estimate of drug-likeness (QED) is 0.233. The number of hydrogen-bond acceptors (Lipinski definition) is 8. The summed E-state index contributed by atoms with van der Waals surface area (Å²) < 4.78 is 35.3. The van der Waals surface area contributed by atoms with E-state index in [1.807, 2.05) is 18.4 Å².